The summed E-state index contributed by atoms with van der Waals surface area (Å²) in [5, 5.41) is 7.39. The number of halogens is 2. The first-order valence-corrected chi connectivity index (χ1v) is 7.38. The molecule has 0 bridgehead atoms. The fraction of sp³-hybridized carbons (Fsp3) is 0.250. The molecule has 1 aromatic carbocycles. The number of benzene rings is 1. The minimum Gasteiger partial charge on any atom is -0.304 e. The van der Waals surface area contributed by atoms with Crippen molar-refractivity contribution in [1.29, 1.82) is 0 Å². The molecule has 23 heavy (non-hydrogen) atoms. The van der Waals surface area contributed by atoms with Crippen molar-refractivity contribution in [1.82, 2.24) is 19.5 Å². The summed E-state index contributed by atoms with van der Waals surface area (Å²) in [5.41, 5.74) is -0.0487. The second kappa shape index (κ2) is 5.27. The second-order valence-electron chi connectivity index (χ2n) is 5.58. The Morgan fingerprint density at radius 1 is 1.22 bits per heavy atom. The quantitative estimate of drug-likeness (QED) is 0.787. The van der Waals surface area contributed by atoms with Crippen LogP contribution in [0.2, 0.25) is 0 Å². The second-order valence-corrected chi connectivity index (χ2v) is 5.58. The summed E-state index contributed by atoms with van der Waals surface area (Å²) in [6, 6.07) is 9.67. The third-order valence-corrected chi connectivity index (χ3v) is 4.07. The predicted octanol–water partition coefficient (Wildman–Crippen LogP) is 2.00. The molecule has 0 aliphatic carbocycles. The molecule has 1 aliphatic rings. The molecule has 1 saturated heterocycles. The van der Waals surface area contributed by atoms with Gasteiger partial charge in [0, 0.05) is 19.2 Å². The number of nitrogens with one attached hydrogen (secondary N) is 1. The lowest BCUT2D eigenvalue weighted by Gasteiger charge is -2.17. The topological polar surface area (TPSA) is 51.3 Å². The van der Waals surface area contributed by atoms with E-state index in [2.05, 4.69) is 10.4 Å². The molecule has 0 spiro atoms. The summed E-state index contributed by atoms with van der Waals surface area (Å²) >= 11 is 0. The first-order chi connectivity index (χ1) is 11.1. The SMILES string of the molecule is O=c1c2c(F)ccn2nc(C2CC(F)CN2)n1-c1ccccc1. The van der Waals surface area contributed by atoms with Gasteiger partial charge in [0.15, 0.2) is 17.2 Å². The maximum atomic E-state index is 13.9. The highest BCUT2D eigenvalue weighted by Crippen LogP contribution is 2.25. The minimum atomic E-state index is -0.988. The van der Waals surface area contributed by atoms with Crippen LogP contribution in [-0.2, 0) is 0 Å². The molecule has 3 heterocycles. The molecular weight excluding hydrogens is 302 g/mol. The van der Waals surface area contributed by atoms with E-state index in [1.54, 1.807) is 24.3 Å². The molecule has 0 amide bonds. The molecule has 1 N–H and O–H groups in total. The predicted molar refractivity (Wildman–Crippen MR) is 81.0 cm³/mol. The van der Waals surface area contributed by atoms with Crippen molar-refractivity contribution in [2.75, 3.05) is 6.54 Å². The highest BCUT2D eigenvalue weighted by atomic mass is 19.1. The molecule has 2 atom stereocenters. The molecule has 5 nitrogen and oxygen atoms in total. The lowest BCUT2D eigenvalue weighted by atomic mass is 10.2. The maximum absolute atomic E-state index is 13.9. The van der Waals surface area contributed by atoms with Gasteiger partial charge < -0.3 is 5.32 Å². The van der Waals surface area contributed by atoms with Crippen molar-refractivity contribution in [3.05, 3.63) is 64.6 Å². The molecule has 2 aromatic heterocycles. The van der Waals surface area contributed by atoms with Crippen LogP contribution < -0.4 is 10.9 Å². The van der Waals surface area contributed by atoms with Crippen LogP contribution in [0.25, 0.3) is 11.2 Å². The van der Waals surface area contributed by atoms with Gasteiger partial charge in [0.25, 0.3) is 5.56 Å². The smallest absolute Gasteiger partial charge is 0.285 e. The molecule has 7 heteroatoms. The van der Waals surface area contributed by atoms with E-state index in [1.165, 1.54) is 21.3 Å². The summed E-state index contributed by atoms with van der Waals surface area (Å²) in [5.74, 6) is -0.245. The minimum absolute atomic E-state index is 0.118. The first kappa shape index (κ1) is 14.1. The monoisotopic (exact) mass is 316 g/mol. The summed E-state index contributed by atoms with van der Waals surface area (Å²) in [6.45, 7) is 0.216. The van der Waals surface area contributed by atoms with Crippen LogP contribution >= 0.6 is 0 Å². The van der Waals surface area contributed by atoms with E-state index in [1.807, 2.05) is 6.07 Å². The zero-order valence-corrected chi connectivity index (χ0v) is 12.1. The van der Waals surface area contributed by atoms with E-state index < -0.39 is 23.6 Å². The van der Waals surface area contributed by atoms with E-state index in [4.69, 9.17) is 0 Å². The Morgan fingerprint density at radius 3 is 2.70 bits per heavy atom. The van der Waals surface area contributed by atoms with E-state index >= 15 is 0 Å². The number of rotatable bonds is 2. The van der Waals surface area contributed by atoms with Crippen LogP contribution in [-0.4, -0.2) is 26.9 Å². The maximum Gasteiger partial charge on any atom is 0.285 e. The van der Waals surface area contributed by atoms with E-state index in [0.717, 1.165) is 0 Å². The molecule has 0 saturated carbocycles. The van der Waals surface area contributed by atoms with Crippen molar-refractivity contribution in [2.24, 2.45) is 0 Å². The van der Waals surface area contributed by atoms with Gasteiger partial charge in [0.05, 0.1) is 11.7 Å². The van der Waals surface area contributed by atoms with Crippen LogP contribution in [0.5, 0.6) is 0 Å². The molecule has 3 aromatic rings. The third-order valence-electron chi connectivity index (χ3n) is 4.07. The molecule has 1 aliphatic heterocycles. The fourth-order valence-electron chi connectivity index (χ4n) is 2.99. The van der Waals surface area contributed by atoms with Crippen molar-refractivity contribution < 1.29 is 8.78 Å². The number of fused-ring (bicyclic) bond motifs is 1. The summed E-state index contributed by atoms with van der Waals surface area (Å²) < 4.78 is 30.1. The highest BCUT2D eigenvalue weighted by Gasteiger charge is 2.30. The third kappa shape index (κ3) is 2.24. The Bertz CT molecular complexity index is 919. The Balaban J connectivity index is 2.02. The molecule has 4 rings (SSSR count). The van der Waals surface area contributed by atoms with Gasteiger partial charge in [0.1, 0.15) is 6.17 Å². The number of alkyl halides is 1. The van der Waals surface area contributed by atoms with Crippen LogP contribution in [0.1, 0.15) is 18.3 Å². The van der Waals surface area contributed by atoms with Crippen molar-refractivity contribution in [3.8, 4) is 5.69 Å². The first-order valence-electron chi connectivity index (χ1n) is 7.38. The van der Waals surface area contributed by atoms with E-state index in [0.29, 0.717) is 11.5 Å². The summed E-state index contributed by atoms with van der Waals surface area (Å²) in [6.07, 6.45) is 0.639. The average molecular weight is 316 g/mol. The fourth-order valence-corrected chi connectivity index (χ4v) is 2.99. The van der Waals surface area contributed by atoms with Gasteiger partial charge in [-0.3, -0.25) is 9.36 Å². The summed E-state index contributed by atoms with van der Waals surface area (Å²) in [4.78, 5) is 12.8. The standard InChI is InChI=1S/C16H14F2N4O/c17-10-8-13(19-9-10)15-20-21-7-6-12(18)14(21)16(23)22(15)11-4-2-1-3-5-11/h1-7,10,13,19H,8-9H2. The van der Waals surface area contributed by atoms with Crippen molar-refractivity contribution in [3.63, 3.8) is 0 Å². The Kier molecular flexibility index (Phi) is 3.23. The molecular formula is C16H14F2N4O. The number of para-hydroxylation sites is 1. The van der Waals surface area contributed by atoms with Crippen LogP contribution in [0.4, 0.5) is 8.78 Å². The van der Waals surface area contributed by atoms with Gasteiger partial charge in [-0.2, -0.15) is 5.10 Å². The van der Waals surface area contributed by atoms with Gasteiger partial charge in [-0.25, -0.2) is 13.3 Å². The molecule has 0 radical (unpaired) electrons. The number of aromatic nitrogens is 3. The lowest BCUT2D eigenvalue weighted by molar-refractivity contribution is 0.354. The Morgan fingerprint density at radius 2 is 2.00 bits per heavy atom. The number of hydrogen-bond acceptors (Lipinski definition) is 3. The van der Waals surface area contributed by atoms with E-state index in [9.17, 15) is 13.6 Å². The van der Waals surface area contributed by atoms with Gasteiger partial charge in [-0.1, -0.05) is 18.2 Å². The van der Waals surface area contributed by atoms with Gasteiger partial charge in [-0.15, -0.1) is 0 Å². The average Bonchev–Trinajstić information content (AvgIpc) is 3.14. The molecule has 2 unspecified atom stereocenters. The van der Waals surface area contributed by atoms with Crippen LogP contribution in [0.15, 0.2) is 47.4 Å². The molecule has 1 fully saturated rings. The van der Waals surface area contributed by atoms with Gasteiger partial charge in [0.2, 0.25) is 0 Å². The van der Waals surface area contributed by atoms with E-state index in [-0.39, 0.29) is 18.5 Å². The van der Waals surface area contributed by atoms with Crippen LogP contribution in [0.3, 0.4) is 0 Å². The zero-order valence-electron chi connectivity index (χ0n) is 12.1. The zero-order chi connectivity index (χ0) is 16.0. The number of hydrogen-bond donors (Lipinski definition) is 1. The van der Waals surface area contributed by atoms with Crippen molar-refractivity contribution >= 4 is 5.52 Å². The normalized spacial score (nSPS) is 21.1. The van der Waals surface area contributed by atoms with Gasteiger partial charge in [-0.05, 0) is 18.2 Å². The van der Waals surface area contributed by atoms with Gasteiger partial charge >= 0.3 is 0 Å². The van der Waals surface area contributed by atoms with Crippen LogP contribution in [0, 0.1) is 5.82 Å². The Labute approximate surface area is 130 Å². The van der Waals surface area contributed by atoms with Crippen molar-refractivity contribution in [2.45, 2.75) is 18.6 Å². The lowest BCUT2D eigenvalue weighted by Crippen LogP contribution is -2.30. The largest absolute Gasteiger partial charge is 0.304 e. The molecule has 118 valence electrons. The Hall–Kier alpha value is -2.54. The highest BCUT2D eigenvalue weighted by molar-refractivity contribution is 5.49. The summed E-state index contributed by atoms with van der Waals surface area (Å²) in [7, 11) is 0. The number of nitrogens with zero attached hydrogens (tertiary/aromatic N) is 3.